The molecule has 1 rings (SSSR count). The molecule has 0 aliphatic rings. The van der Waals surface area contributed by atoms with Crippen molar-refractivity contribution in [2.24, 2.45) is 0 Å². The quantitative estimate of drug-likeness (QED) is 0.567. The van der Waals surface area contributed by atoms with E-state index in [1.165, 1.54) is 12.4 Å². The van der Waals surface area contributed by atoms with Crippen LogP contribution in [0.25, 0.3) is 0 Å². The van der Waals surface area contributed by atoms with E-state index in [0.717, 1.165) is 6.92 Å². The minimum absolute atomic E-state index is 0.0144. The lowest BCUT2D eigenvalue weighted by Crippen LogP contribution is -2.61. The first-order valence-corrected chi connectivity index (χ1v) is 6.00. The molecule has 1 heterocycles. The molecule has 1 aromatic heterocycles. The molecule has 0 aliphatic carbocycles. The number of hydrogen-bond donors (Lipinski definition) is 2. The van der Waals surface area contributed by atoms with Gasteiger partial charge in [0, 0.05) is 25.7 Å². The van der Waals surface area contributed by atoms with E-state index in [2.05, 4.69) is 10.3 Å². The SMILES string of the molecule is CCOC(=O)[C@@](Cc1cccnc1)(NC(C)=O)C(=O)O. The summed E-state index contributed by atoms with van der Waals surface area (Å²) in [7, 11) is 0. The van der Waals surface area contributed by atoms with Crippen LogP contribution in [0.3, 0.4) is 0 Å². The van der Waals surface area contributed by atoms with E-state index in [1.807, 2.05) is 0 Å². The zero-order valence-corrected chi connectivity index (χ0v) is 11.3. The Morgan fingerprint density at radius 3 is 2.60 bits per heavy atom. The lowest BCUT2D eigenvalue weighted by atomic mass is 9.91. The summed E-state index contributed by atoms with van der Waals surface area (Å²) in [5, 5.41) is 11.6. The first-order chi connectivity index (χ1) is 9.42. The van der Waals surface area contributed by atoms with Crippen LogP contribution in [-0.4, -0.2) is 40.1 Å². The number of hydrogen-bond acceptors (Lipinski definition) is 5. The molecule has 0 fully saturated rings. The predicted molar refractivity (Wildman–Crippen MR) is 68.8 cm³/mol. The number of carboxylic acid groups (broad SMARTS) is 1. The summed E-state index contributed by atoms with van der Waals surface area (Å²) < 4.78 is 4.79. The molecule has 1 atom stereocenters. The summed E-state index contributed by atoms with van der Waals surface area (Å²) in [5.41, 5.74) is -1.65. The monoisotopic (exact) mass is 280 g/mol. The van der Waals surface area contributed by atoms with E-state index in [1.54, 1.807) is 19.1 Å². The fraction of sp³-hybridized carbons (Fsp3) is 0.385. The third-order valence-electron chi connectivity index (χ3n) is 2.57. The number of carbonyl (C=O) groups is 3. The number of carboxylic acids is 1. The van der Waals surface area contributed by atoms with E-state index in [4.69, 9.17) is 4.74 Å². The molecule has 7 nitrogen and oxygen atoms in total. The molecule has 0 unspecified atom stereocenters. The molecular weight excluding hydrogens is 264 g/mol. The number of pyridine rings is 1. The molecule has 20 heavy (non-hydrogen) atoms. The topological polar surface area (TPSA) is 106 Å². The zero-order chi connectivity index (χ0) is 15.2. The van der Waals surface area contributed by atoms with Crippen LogP contribution in [-0.2, 0) is 25.5 Å². The van der Waals surface area contributed by atoms with Gasteiger partial charge in [0.15, 0.2) is 0 Å². The molecule has 1 amide bonds. The van der Waals surface area contributed by atoms with Crippen LogP contribution in [0, 0.1) is 0 Å². The summed E-state index contributed by atoms with van der Waals surface area (Å²) in [6.45, 7) is 2.71. The Hall–Kier alpha value is -2.44. The van der Waals surface area contributed by atoms with Gasteiger partial charge in [-0.05, 0) is 18.6 Å². The summed E-state index contributed by atoms with van der Waals surface area (Å²) in [5.74, 6) is -3.12. The van der Waals surface area contributed by atoms with Crippen LogP contribution in [0.2, 0.25) is 0 Å². The molecule has 0 aliphatic heterocycles. The molecule has 0 saturated carbocycles. The van der Waals surface area contributed by atoms with Crippen LogP contribution >= 0.6 is 0 Å². The third-order valence-corrected chi connectivity index (χ3v) is 2.57. The van der Waals surface area contributed by atoms with Crippen LogP contribution in [0.4, 0.5) is 0 Å². The Labute approximate surface area is 116 Å². The van der Waals surface area contributed by atoms with Crippen LogP contribution in [0.5, 0.6) is 0 Å². The van der Waals surface area contributed by atoms with Crippen molar-refractivity contribution >= 4 is 17.8 Å². The van der Waals surface area contributed by atoms with Gasteiger partial charge in [-0.1, -0.05) is 6.07 Å². The van der Waals surface area contributed by atoms with Crippen molar-refractivity contribution in [2.45, 2.75) is 25.8 Å². The van der Waals surface area contributed by atoms with Gasteiger partial charge in [-0.2, -0.15) is 0 Å². The maximum absolute atomic E-state index is 12.0. The Morgan fingerprint density at radius 2 is 2.15 bits per heavy atom. The highest BCUT2D eigenvalue weighted by atomic mass is 16.5. The minimum Gasteiger partial charge on any atom is -0.479 e. The summed E-state index contributed by atoms with van der Waals surface area (Å²) in [6.07, 6.45) is 2.71. The number of aliphatic carboxylic acids is 1. The van der Waals surface area contributed by atoms with Gasteiger partial charge in [0.05, 0.1) is 6.61 Å². The van der Waals surface area contributed by atoms with Crippen LogP contribution < -0.4 is 5.32 Å². The van der Waals surface area contributed by atoms with Crippen molar-refractivity contribution in [2.75, 3.05) is 6.61 Å². The van der Waals surface area contributed by atoms with Crippen LogP contribution in [0.1, 0.15) is 19.4 Å². The first-order valence-electron chi connectivity index (χ1n) is 6.00. The van der Waals surface area contributed by atoms with E-state index < -0.39 is 23.4 Å². The normalized spacial score (nSPS) is 13.1. The summed E-state index contributed by atoms with van der Waals surface area (Å²) in [4.78, 5) is 38.7. The number of nitrogens with one attached hydrogen (secondary N) is 1. The van der Waals surface area contributed by atoms with Gasteiger partial charge in [-0.15, -0.1) is 0 Å². The Balaban J connectivity index is 3.18. The third kappa shape index (κ3) is 3.53. The number of nitrogens with zero attached hydrogens (tertiary/aromatic N) is 1. The van der Waals surface area contributed by atoms with Crippen molar-refractivity contribution in [3.8, 4) is 0 Å². The van der Waals surface area contributed by atoms with Gasteiger partial charge in [0.1, 0.15) is 0 Å². The smallest absolute Gasteiger partial charge is 0.344 e. The molecule has 0 spiro atoms. The van der Waals surface area contributed by atoms with E-state index in [9.17, 15) is 19.5 Å². The Kier molecular flexibility index (Phi) is 5.19. The van der Waals surface area contributed by atoms with E-state index in [0.29, 0.717) is 5.56 Å². The average Bonchev–Trinajstić information content (AvgIpc) is 2.38. The fourth-order valence-corrected chi connectivity index (χ4v) is 1.75. The number of ether oxygens (including phenoxy) is 1. The summed E-state index contributed by atoms with van der Waals surface area (Å²) >= 11 is 0. The molecule has 0 aromatic carbocycles. The van der Waals surface area contributed by atoms with Gasteiger partial charge in [0.2, 0.25) is 11.4 Å². The lowest BCUT2D eigenvalue weighted by Gasteiger charge is -2.27. The van der Waals surface area contributed by atoms with Gasteiger partial charge in [0.25, 0.3) is 0 Å². The van der Waals surface area contributed by atoms with Gasteiger partial charge in [-0.25, -0.2) is 9.59 Å². The Morgan fingerprint density at radius 1 is 1.45 bits per heavy atom. The van der Waals surface area contributed by atoms with Crippen molar-refractivity contribution < 1.29 is 24.2 Å². The van der Waals surface area contributed by atoms with E-state index in [-0.39, 0.29) is 13.0 Å². The Bertz CT molecular complexity index is 503. The predicted octanol–water partition coefficient (Wildman–Crippen LogP) is 0.147. The lowest BCUT2D eigenvalue weighted by molar-refractivity contribution is -0.164. The molecule has 1 aromatic rings. The number of aromatic nitrogens is 1. The maximum Gasteiger partial charge on any atom is 0.344 e. The highest BCUT2D eigenvalue weighted by molar-refractivity contribution is 6.07. The maximum atomic E-state index is 12.0. The minimum atomic E-state index is -2.15. The first kappa shape index (κ1) is 15.6. The largest absolute Gasteiger partial charge is 0.479 e. The second kappa shape index (κ2) is 6.65. The highest BCUT2D eigenvalue weighted by Gasteiger charge is 2.49. The number of carbonyl (C=O) groups excluding carboxylic acids is 2. The molecule has 0 radical (unpaired) electrons. The molecule has 7 heteroatoms. The van der Waals surface area contributed by atoms with Gasteiger partial charge in [-0.3, -0.25) is 9.78 Å². The summed E-state index contributed by atoms with van der Waals surface area (Å²) in [6, 6.07) is 3.23. The number of rotatable bonds is 6. The van der Waals surface area contributed by atoms with Gasteiger partial charge >= 0.3 is 11.9 Å². The second-order valence-corrected chi connectivity index (χ2v) is 4.15. The fourth-order valence-electron chi connectivity index (χ4n) is 1.75. The molecular formula is C13H16N2O5. The number of esters is 1. The average molecular weight is 280 g/mol. The van der Waals surface area contributed by atoms with Crippen LogP contribution in [0.15, 0.2) is 24.5 Å². The standard InChI is InChI=1S/C13H16N2O5/c1-3-20-12(19)13(11(17)18,15-9(2)16)7-10-5-4-6-14-8-10/h4-6,8H,3,7H2,1-2H3,(H,15,16)(H,17,18)/t13-/m0/s1. The van der Waals surface area contributed by atoms with E-state index >= 15 is 0 Å². The van der Waals surface area contributed by atoms with Crippen molar-refractivity contribution in [1.29, 1.82) is 0 Å². The molecule has 2 N–H and O–H groups in total. The zero-order valence-electron chi connectivity index (χ0n) is 11.3. The van der Waals surface area contributed by atoms with Crippen molar-refractivity contribution in [3.63, 3.8) is 0 Å². The van der Waals surface area contributed by atoms with Crippen molar-refractivity contribution in [3.05, 3.63) is 30.1 Å². The van der Waals surface area contributed by atoms with Gasteiger partial charge < -0.3 is 15.2 Å². The molecule has 0 bridgehead atoms. The second-order valence-electron chi connectivity index (χ2n) is 4.15. The number of amides is 1. The molecule has 108 valence electrons. The van der Waals surface area contributed by atoms with Crippen molar-refractivity contribution in [1.82, 2.24) is 10.3 Å². The molecule has 0 saturated heterocycles. The highest BCUT2D eigenvalue weighted by Crippen LogP contribution is 2.16.